The average Bonchev–Trinajstić information content (AvgIpc) is 2.39. The summed E-state index contributed by atoms with van der Waals surface area (Å²) < 4.78 is 29.3. The maximum atomic E-state index is 11.7. The molecule has 0 N–H and O–H groups in total. The zero-order valence-corrected chi connectivity index (χ0v) is 13.6. The number of rotatable bonds is 4. The zero-order valence-electron chi connectivity index (χ0n) is 12.8. The van der Waals surface area contributed by atoms with Gasteiger partial charge in [-0.15, -0.1) is 0 Å². The predicted molar refractivity (Wildman–Crippen MR) is 85.5 cm³/mol. The van der Waals surface area contributed by atoms with Gasteiger partial charge in [0.05, 0.1) is 11.0 Å². The molecule has 0 aliphatic carbocycles. The average molecular weight is 304 g/mol. The van der Waals surface area contributed by atoms with Gasteiger partial charge in [-0.2, -0.15) is 0 Å². The molecule has 112 valence electrons. The molecular formula is C17H20O3S. The van der Waals surface area contributed by atoms with Crippen molar-refractivity contribution in [3.8, 4) is 16.9 Å². The third-order valence-corrected chi connectivity index (χ3v) is 4.18. The van der Waals surface area contributed by atoms with E-state index in [0.29, 0.717) is 4.90 Å². The highest BCUT2D eigenvalue weighted by Crippen LogP contribution is 2.32. The highest BCUT2D eigenvalue weighted by Gasteiger charge is 2.12. The molecule has 2 rings (SSSR count). The lowest BCUT2D eigenvalue weighted by Crippen LogP contribution is -2.06. The molecule has 21 heavy (non-hydrogen) atoms. The van der Waals surface area contributed by atoms with Crippen LogP contribution in [0.5, 0.6) is 5.75 Å². The van der Waals surface area contributed by atoms with Gasteiger partial charge in [-0.1, -0.05) is 23.8 Å². The van der Waals surface area contributed by atoms with E-state index in [0.717, 1.165) is 22.4 Å². The molecule has 0 saturated carbocycles. The van der Waals surface area contributed by atoms with Gasteiger partial charge in [0.25, 0.3) is 0 Å². The topological polar surface area (TPSA) is 43.4 Å². The SMILES string of the molecule is Cc1ccc(OC(C)C)c(-c2cccc(S(C)(=O)=O)c2)c1. The number of aryl methyl sites for hydroxylation is 1. The fourth-order valence-electron chi connectivity index (χ4n) is 2.12. The third kappa shape index (κ3) is 3.85. The van der Waals surface area contributed by atoms with Gasteiger partial charge in [0.15, 0.2) is 9.84 Å². The molecule has 0 radical (unpaired) electrons. The van der Waals surface area contributed by atoms with Crippen molar-refractivity contribution in [1.29, 1.82) is 0 Å². The lowest BCUT2D eigenvalue weighted by Gasteiger charge is -2.15. The van der Waals surface area contributed by atoms with Crippen LogP contribution in [0.1, 0.15) is 19.4 Å². The fraction of sp³-hybridized carbons (Fsp3) is 0.294. The summed E-state index contributed by atoms with van der Waals surface area (Å²) in [5.41, 5.74) is 2.86. The minimum absolute atomic E-state index is 0.0598. The molecular weight excluding hydrogens is 284 g/mol. The second-order valence-electron chi connectivity index (χ2n) is 5.47. The summed E-state index contributed by atoms with van der Waals surface area (Å²) in [5, 5.41) is 0. The monoisotopic (exact) mass is 304 g/mol. The highest BCUT2D eigenvalue weighted by molar-refractivity contribution is 7.90. The van der Waals surface area contributed by atoms with Crippen LogP contribution in [0.4, 0.5) is 0 Å². The van der Waals surface area contributed by atoms with Gasteiger partial charge in [0.2, 0.25) is 0 Å². The Hall–Kier alpha value is -1.81. The molecule has 3 nitrogen and oxygen atoms in total. The quantitative estimate of drug-likeness (QED) is 0.861. The third-order valence-electron chi connectivity index (χ3n) is 3.07. The normalized spacial score (nSPS) is 11.7. The molecule has 0 heterocycles. The van der Waals surface area contributed by atoms with Gasteiger partial charge in [0, 0.05) is 11.8 Å². The van der Waals surface area contributed by atoms with Gasteiger partial charge in [-0.3, -0.25) is 0 Å². The molecule has 0 bridgehead atoms. The van der Waals surface area contributed by atoms with Crippen LogP contribution in [0, 0.1) is 6.92 Å². The largest absolute Gasteiger partial charge is 0.490 e. The van der Waals surface area contributed by atoms with Gasteiger partial charge >= 0.3 is 0 Å². The van der Waals surface area contributed by atoms with Crippen LogP contribution < -0.4 is 4.74 Å². The van der Waals surface area contributed by atoms with E-state index in [9.17, 15) is 8.42 Å². The smallest absolute Gasteiger partial charge is 0.175 e. The van der Waals surface area contributed by atoms with Gasteiger partial charge < -0.3 is 4.74 Å². The minimum atomic E-state index is -3.22. The van der Waals surface area contributed by atoms with Crippen molar-refractivity contribution in [2.24, 2.45) is 0 Å². The molecule has 0 atom stereocenters. The summed E-state index contributed by atoms with van der Waals surface area (Å²) in [4.78, 5) is 0.317. The molecule has 0 saturated heterocycles. The molecule has 4 heteroatoms. The Labute approximate surface area is 126 Å². The van der Waals surface area contributed by atoms with Crippen molar-refractivity contribution >= 4 is 9.84 Å². The maximum absolute atomic E-state index is 11.7. The molecule has 2 aromatic carbocycles. The highest BCUT2D eigenvalue weighted by atomic mass is 32.2. The molecule has 0 unspecified atom stereocenters. The standard InChI is InChI=1S/C17H20O3S/c1-12(2)20-17-9-8-13(3)10-16(17)14-6-5-7-15(11-14)21(4,18)19/h5-12H,1-4H3. The molecule has 0 aromatic heterocycles. The summed E-state index contributed by atoms with van der Waals surface area (Å²) in [5.74, 6) is 0.765. The zero-order chi connectivity index (χ0) is 15.6. The van der Waals surface area contributed by atoms with Crippen LogP contribution in [0.15, 0.2) is 47.4 Å². The Morgan fingerprint density at radius 2 is 1.76 bits per heavy atom. The van der Waals surface area contributed by atoms with E-state index in [1.807, 2.05) is 45.0 Å². The summed E-state index contributed by atoms with van der Waals surface area (Å²) in [7, 11) is -3.22. The number of hydrogen-bond donors (Lipinski definition) is 0. The summed E-state index contributed by atoms with van der Waals surface area (Å²) in [6.07, 6.45) is 1.28. The summed E-state index contributed by atoms with van der Waals surface area (Å²) >= 11 is 0. The molecule has 0 aliphatic rings. The van der Waals surface area contributed by atoms with Crippen molar-refractivity contribution in [3.63, 3.8) is 0 Å². The van der Waals surface area contributed by atoms with Crippen molar-refractivity contribution < 1.29 is 13.2 Å². The van der Waals surface area contributed by atoms with Crippen molar-refractivity contribution in [2.45, 2.75) is 31.8 Å². The second kappa shape index (κ2) is 5.90. The van der Waals surface area contributed by atoms with E-state index in [1.54, 1.807) is 18.2 Å². The van der Waals surface area contributed by atoms with E-state index in [-0.39, 0.29) is 6.10 Å². The van der Waals surface area contributed by atoms with Gasteiger partial charge in [0.1, 0.15) is 5.75 Å². The maximum Gasteiger partial charge on any atom is 0.175 e. The van der Waals surface area contributed by atoms with Crippen LogP contribution >= 0.6 is 0 Å². The van der Waals surface area contributed by atoms with E-state index in [1.165, 1.54) is 6.26 Å². The Kier molecular flexibility index (Phi) is 4.37. The van der Waals surface area contributed by atoms with Crippen LogP contribution in [-0.2, 0) is 9.84 Å². The first-order valence-electron chi connectivity index (χ1n) is 6.85. The number of benzene rings is 2. The van der Waals surface area contributed by atoms with E-state index in [4.69, 9.17) is 4.74 Å². The van der Waals surface area contributed by atoms with Crippen molar-refractivity contribution in [3.05, 3.63) is 48.0 Å². The second-order valence-corrected chi connectivity index (χ2v) is 7.48. The lowest BCUT2D eigenvalue weighted by atomic mass is 10.0. The molecule has 0 spiro atoms. The molecule has 0 fully saturated rings. The number of hydrogen-bond acceptors (Lipinski definition) is 3. The molecule has 0 amide bonds. The first-order valence-corrected chi connectivity index (χ1v) is 8.74. The first kappa shape index (κ1) is 15.6. The Morgan fingerprint density at radius 3 is 2.38 bits per heavy atom. The van der Waals surface area contributed by atoms with Gasteiger partial charge in [-0.25, -0.2) is 8.42 Å². The van der Waals surface area contributed by atoms with Crippen LogP contribution in [0.25, 0.3) is 11.1 Å². The Morgan fingerprint density at radius 1 is 1.05 bits per heavy atom. The minimum Gasteiger partial charge on any atom is -0.490 e. The van der Waals surface area contributed by atoms with Gasteiger partial charge in [-0.05, 0) is 50.6 Å². The number of ether oxygens (including phenoxy) is 1. The van der Waals surface area contributed by atoms with E-state index in [2.05, 4.69) is 0 Å². The van der Waals surface area contributed by atoms with Crippen LogP contribution in [-0.4, -0.2) is 20.8 Å². The number of sulfone groups is 1. The molecule has 2 aromatic rings. The lowest BCUT2D eigenvalue weighted by molar-refractivity contribution is 0.243. The fourth-order valence-corrected chi connectivity index (χ4v) is 2.79. The van der Waals surface area contributed by atoms with Crippen molar-refractivity contribution in [1.82, 2.24) is 0 Å². The van der Waals surface area contributed by atoms with Crippen LogP contribution in [0.2, 0.25) is 0 Å². The van der Waals surface area contributed by atoms with Crippen molar-refractivity contribution in [2.75, 3.05) is 6.26 Å². The Balaban J connectivity index is 2.58. The van der Waals surface area contributed by atoms with E-state index < -0.39 is 9.84 Å². The summed E-state index contributed by atoms with van der Waals surface area (Å²) in [6, 6.07) is 12.9. The first-order chi connectivity index (χ1) is 9.77. The Bertz CT molecular complexity index is 746. The molecule has 0 aliphatic heterocycles. The van der Waals surface area contributed by atoms with E-state index >= 15 is 0 Å². The predicted octanol–water partition coefficient (Wildman–Crippen LogP) is 3.85. The van der Waals surface area contributed by atoms with Crippen LogP contribution in [0.3, 0.4) is 0 Å². The summed E-state index contributed by atoms with van der Waals surface area (Å²) in [6.45, 7) is 5.94.